The van der Waals surface area contributed by atoms with E-state index in [-0.39, 0.29) is 38.5 Å². The summed E-state index contributed by atoms with van der Waals surface area (Å²) < 4.78 is 46.6. The average molecular weight is 588 g/mol. The van der Waals surface area contributed by atoms with Gasteiger partial charge < -0.3 is 9.64 Å². The molecule has 0 bridgehead atoms. The predicted molar refractivity (Wildman–Crippen MR) is 154 cm³/mol. The number of fused-ring (bicyclic) bond motifs is 1. The Kier molecular flexibility index (Phi) is 8.35. The maximum atomic E-state index is 14.6. The molecule has 0 saturated heterocycles. The molecule has 0 spiro atoms. The Hall–Kier alpha value is -2.81. The zero-order valence-corrected chi connectivity index (χ0v) is 24.0. The number of methoxy groups -OCH3 is 1. The number of carbonyl (C=O) groups is 1. The van der Waals surface area contributed by atoms with Crippen molar-refractivity contribution in [2.45, 2.75) is 49.6 Å². The number of ether oxygens (including phenoxy) is 1. The quantitative estimate of drug-likeness (QED) is 0.219. The summed E-state index contributed by atoms with van der Waals surface area (Å²) >= 11 is 7.42. The van der Waals surface area contributed by atoms with Gasteiger partial charge in [-0.25, -0.2) is 8.78 Å². The van der Waals surface area contributed by atoms with Gasteiger partial charge >= 0.3 is 0 Å². The van der Waals surface area contributed by atoms with Crippen molar-refractivity contribution in [2.75, 3.05) is 13.4 Å². The Bertz CT molecular complexity index is 1550. The topological polar surface area (TPSA) is 46.6 Å². The highest BCUT2D eigenvalue weighted by molar-refractivity contribution is 7.84. The summed E-state index contributed by atoms with van der Waals surface area (Å²) in [5.41, 5.74) is 2.69. The van der Waals surface area contributed by atoms with E-state index < -0.39 is 22.4 Å². The molecule has 1 fully saturated rings. The van der Waals surface area contributed by atoms with Gasteiger partial charge in [0.05, 0.1) is 22.2 Å². The molecule has 1 atom stereocenters. The summed E-state index contributed by atoms with van der Waals surface area (Å²) in [6.45, 7) is 0.257. The van der Waals surface area contributed by atoms with Crippen LogP contribution in [0.25, 0.3) is 21.2 Å². The maximum absolute atomic E-state index is 14.6. The van der Waals surface area contributed by atoms with Crippen molar-refractivity contribution in [2.24, 2.45) is 0 Å². The molecule has 1 amide bonds. The molecule has 0 aliphatic heterocycles. The van der Waals surface area contributed by atoms with E-state index in [0.29, 0.717) is 5.75 Å². The molecule has 0 radical (unpaired) electrons. The van der Waals surface area contributed by atoms with Crippen LogP contribution in [-0.4, -0.2) is 34.4 Å². The number of thiophene rings is 1. The third-order valence-electron chi connectivity index (χ3n) is 7.29. The van der Waals surface area contributed by atoms with Crippen molar-refractivity contribution in [3.05, 3.63) is 81.7 Å². The standard InChI is InChI=1S/C30H28ClF2NO3S2/c1-37-25-15-10-19(18-8-11-22(12-9-18)39(2)36)16-20(25)17-34(21-6-4-3-5-7-21)30(35)29-27(31)26-23(32)13-14-24(33)28(26)38-29/h8-16,21H,3-7,17H2,1-2H3. The highest BCUT2D eigenvalue weighted by Gasteiger charge is 2.31. The van der Waals surface area contributed by atoms with Gasteiger partial charge in [0.2, 0.25) is 0 Å². The van der Waals surface area contributed by atoms with Gasteiger partial charge in [-0.1, -0.05) is 49.1 Å². The Morgan fingerprint density at radius 2 is 1.69 bits per heavy atom. The summed E-state index contributed by atoms with van der Waals surface area (Å²) in [4.78, 5) is 16.7. The molecule has 3 aromatic carbocycles. The summed E-state index contributed by atoms with van der Waals surface area (Å²) in [7, 11) is 0.519. The Balaban J connectivity index is 1.55. The van der Waals surface area contributed by atoms with Crippen LogP contribution in [-0.2, 0) is 17.3 Å². The van der Waals surface area contributed by atoms with Crippen LogP contribution in [0.4, 0.5) is 8.78 Å². The number of benzene rings is 3. The van der Waals surface area contributed by atoms with Crippen LogP contribution in [0.1, 0.15) is 47.3 Å². The largest absolute Gasteiger partial charge is 0.496 e. The number of halogens is 3. The molecule has 4 aromatic rings. The van der Waals surface area contributed by atoms with Crippen LogP contribution < -0.4 is 4.74 Å². The monoisotopic (exact) mass is 587 g/mol. The van der Waals surface area contributed by atoms with Crippen LogP contribution >= 0.6 is 22.9 Å². The first-order chi connectivity index (χ1) is 18.8. The fraction of sp³-hybridized carbons (Fsp3) is 0.300. The highest BCUT2D eigenvalue weighted by atomic mass is 35.5. The number of nitrogens with zero attached hydrogens (tertiary/aromatic N) is 1. The van der Waals surface area contributed by atoms with E-state index in [1.807, 2.05) is 42.5 Å². The van der Waals surface area contributed by atoms with Gasteiger partial charge in [0, 0.05) is 40.1 Å². The van der Waals surface area contributed by atoms with Crippen LogP contribution in [0, 0.1) is 11.6 Å². The minimum atomic E-state index is -1.07. The molecule has 1 aromatic heterocycles. The van der Waals surface area contributed by atoms with Crippen molar-refractivity contribution >= 4 is 49.7 Å². The first-order valence-electron chi connectivity index (χ1n) is 12.8. The molecule has 204 valence electrons. The minimum absolute atomic E-state index is 0.0330. The Labute approximate surface area is 238 Å². The van der Waals surface area contributed by atoms with Crippen molar-refractivity contribution in [3.63, 3.8) is 0 Å². The van der Waals surface area contributed by atoms with Crippen molar-refractivity contribution < 1.29 is 22.5 Å². The number of rotatable bonds is 7. The molecule has 5 rings (SSSR count). The number of amides is 1. The lowest BCUT2D eigenvalue weighted by molar-refractivity contribution is 0.0618. The predicted octanol–water partition coefficient (Wildman–Crippen LogP) is 8.22. The summed E-state index contributed by atoms with van der Waals surface area (Å²) in [6.07, 6.45) is 6.43. The Morgan fingerprint density at radius 1 is 1.03 bits per heavy atom. The molecule has 39 heavy (non-hydrogen) atoms. The lowest BCUT2D eigenvalue weighted by Gasteiger charge is -2.34. The van der Waals surface area contributed by atoms with Crippen molar-refractivity contribution in [1.82, 2.24) is 4.90 Å². The molecular formula is C30H28ClF2NO3S2. The SMILES string of the molecule is COc1ccc(-c2ccc(S(C)=O)cc2)cc1CN(C(=O)c1sc2c(F)ccc(F)c2c1Cl)C1CCCCC1. The maximum Gasteiger partial charge on any atom is 0.266 e. The number of hydrogen-bond donors (Lipinski definition) is 0. The average Bonchev–Trinajstić information content (AvgIpc) is 3.32. The van der Waals surface area contributed by atoms with Gasteiger partial charge in [-0.3, -0.25) is 9.00 Å². The second-order valence-electron chi connectivity index (χ2n) is 9.71. The molecule has 4 nitrogen and oxygen atoms in total. The normalized spacial score (nSPS) is 14.9. The minimum Gasteiger partial charge on any atom is -0.496 e. The third-order valence-corrected chi connectivity index (χ3v) is 9.91. The van der Waals surface area contributed by atoms with Crippen LogP contribution in [0.3, 0.4) is 0 Å². The second-order valence-corrected chi connectivity index (χ2v) is 12.5. The first kappa shape index (κ1) is 27.7. The van der Waals surface area contributed by atoms with Crippen molar-refractivity contribution in [1.29, 1.82) is 0 Å². The molecule has 0 N–H and O–H groups in total. The smallest absolute Gasteiger partial charge is 0.266 e. The summed E-state index contributed by atoms with van der Waals surface area (Å²) in [5, 5.41) is -0.100. The van der Waals surface area contributed by atoms with E-state index >= 15 is 0 Å². The van der Waals surface area contributed by atoms with E-state index in [1.165, 1.54) is 0 Å². The fourth-order valence-electron chi connectivity index (χ4n) is 5.23. The zero-order valence-electron chi connectivity index (χ0n) is 21.6. The van der Waals surface area contributed by atoms with Gasteiger partial charge in [-0.05, 0) is 60.4 Å². The first-order valence-corrected chi connectivity index (χ1v) is 15.5. The van der Waals surface area contributed by atoms with Crippen LogP contribution in [0.2, 0.25) is 5.02 Å². The number of carbonyl (C=O) groups excluding carboxylic acids is 1. The summed E-state index contributed by atoms with van der Waals surface area (Å²) in [6, 6.07) is 15.4. The van der Waals surface area contributed by atoms with Crippen LogP contribution in [0.15, 0.2) is 59.5 Å². The Morgan fingerprint density at radius 3 is 2.33 bits per heavy atom. The van der Waals surface area contributed by atoms with E-state index in [1.54, 1.807) is 18.3 Å². The second kappa shape index (κ2) is 11.7. The number of hydrogen-bond acceptors (Lipinski definition) is 4. The zero-order chi connectivity index (χ0) is 27.7. The van der Waals surface area contributed by atoms with E-state index in [2.05, 4.69) is 0 Å². The fourth-order valence-corrected chi connectivity index (χ4v) is 7.25. The highest BCUT2D eigenvalue weighted by Crippen LogP contribution is 2.40. The molecule has 1 aliphatic rings. The molecule has 1 aliphatic carbocycles. The van der Waals surface area contributed by atoms with Gasteiger partial charge in [0.25, 0.3) is 5.91 Å². The van der Waals surface area contributed by atoms with Gasteiger partial charge in [0.1, 0.15) is 22.3 Å². The molecule has 1 heterocycles. The van der Waals surface area contributed by atoms with Gasteiger partial charge in [-0.15, -0.1) is 11.3 Å². The lowest BCUT2D eigenvalue weighted by Crippen LogP contribution is -2.40. The van der Waals surface area contributed by atoms with E-state index in [0.717, 1.165) is 77.2 Å². The molecular weight excluding hydrogens is 560 g/mol. The molecule has 1 saturated carbocycles. The van der Waals surface area contributed by atoms with Gasteiger partial charge in [-0.2, -0.15) is 0 Å². The summed E-state index contributed by atoms with van der Waals surface area (Å²) in [5.74, 6) is -0.954. The lowest BCUT2D eigenvalue weighted by atomic mass is 9.93. The van der Waals surface area contributed by atoms with Crippen molar-refractivity contribution in [3.8, 4) is 16.9 Å². The molecule has 1 unspecified atom stereocenters. The van der Waals surface area contributed by atoms with Gasteiger partial charge in [0.15, 0.2) is 0 Å². The van der Waals surface area contributed by atoms with Crippen LogP contribution in [0.5, 0.6) is 5.75 Å². The van der Waals surface area contributed by atoms with E-state index in [9.17, 15) is 17.8 Å². The van der Waals surface area contributed by atoms with E-state index in [4.69, 9.17) is 16.3 Å². The third kappa shape index (κ3) is 5.60. The molecule has 9 heteroatoms.